The molecule has 92 valence electrons. The summed E-state index contributed by atoms with van der Waals surface area (Å²) in [4.78, 5) is 22.3. The molecule has 1 aromatic rings. The summed E-state index contributed by atoms with van der Waals surface area (Å²) in [5, 5.41) is 11.2. The molecule has 0 unspecified atom stereocenters. The van der Waals surface area contributed by atoms with Crippen molar-refractivity contribution in [3.8, 4) is 0 Å². The van der Waals surface area contributed by atoms with Crippen LogP contribution < -0.4 is 11.1 Å². The molecule has 0 radical (unpaired) electrons. The second-order valence-corrected chi connectivity index (χ2v) is 3.96. The second kappa shape index (κ2) is 5.65. The van der Waals surface area contributed by atoms with Gasteiger partial charge in [-0.3, -0.25) is 9.59 Å². The van der Waals surface area contributed by atoms with Gasteiger partial charge in [0.05, 0.1) is 10.6 Å². The maximum absolute atomic E-state index is 11.7. The lowest BCUT2D eigenvalue weighted by atomic mass is 10.1. The van der Waals surface area contributed by atoms with Crippen molar-refractivity contribution in [2.45, 2.75) is 19.5 Å². The summed E-state index contributed by atoms with van der Waals surface area (Å²) in [5.41, 5.74) is 6.47. The number of hydrogen-bond donors (Lipinski definition) is 3. The Morgan fingerprint density at radius 1 is 1.53 bits per heavy atom. The second-order valence-electron chi connectivity index (χ2n) is 3.55. The van der Waals surface area contributed by atoms with Gasteiger partial charge in [0.2, 0.25) is 0 Å². The number of rotatable bonds is 4. The van der Waals surface area contributed by atoms with Crippen LogP contribution in [-0.4, -0.2) is 23.0 Å². The molecule has 17 heavy (non-hydrogen) atoms. The van der Waals surface area contributed by atoms with Gasteiger partial charge in [-0.1, -0.05) is 17.7 Å². The Bertz CT molecular complexity index is 448. The number of carboxylic acid groups (broad SMARTS) is 1. The van der Waals surface area contributed by atoms with Gasteiger partial charge in [-0.25, -0.2) is 0 Å². The number of benzene rings is 1. The quantitative estimate of drug-likeness (QED) is 0.749. The topological polar surface area (TPSA) is 92.4 Å². The number of carboxylic acids is 1. The zero-order valence-electron chi connectivity index (χ0n) is 9.24. The van der Waals surface area contributed by atoms with Crippen LogP contribution in [0.2, 0.25) is 5.02 Å². The molecule has 1 rings (SSSR count). The van der Waals surface area contributed by atoms with Crippen LogP contribution in [-0.2, 0) is 11.3 Å². The number of halogens is 1. The number of nitrogens with two attached hydrogens (primary N) is 1. The van der Waals surface area contributed by atoms with Crippen molar-refractivity contribution >= 4 is 23.5 Å². The Morgan fingerprint density at radius 3 is 2.65 bits per heavy atom. The third-order valence-electron chi connectivity index (χ3n) is 2.23. The van der Waals surface area contributed by atoms with E-state index in [0.29, 0.717) is 6.54 Å². The number of aliphatic carboxylic acids is 1. The van der Waals surface area contributed by atoms with Crippen molar-refractivity contribution in [1.29, 1.82) is 0 Å². The van der Waals surface area contributed by atoms with E-state index in [1.807, 2.05) is 0 Å². The highest BCUT2D eigenvalue weighted by Crippen LogP contribution is 2.17. The largest absolute Gasteiger partial charge is 0.480 e. The van der Waals surface area contributed by atoms with Crippen LogP contribution in [0.5, 0.6) is 0 Å². The van der Waals surface area contributed by atoms with Crippen LogP contribution in [0.3, 0.4) is 0 Å². The molecular weight excluding hydrogens is 244 g/mol. The number of amides is 1. The minimum atomic E-state index is -1.10. The lowest BCUT2D eigenvalue weighted by Crippen LogP contribution is -2.38. The van der Waals surface area contributed by atoms with Crippen molar-refractivity contribution in [2.75, 3.05) is 0 Å². The fourth-order valence-electron chi connectivity index (χ4n) is 1.21. The van der Waals surface area contributed by atoms with Gasteiger partial charge in [-0.05, 0) is 24.6 Å². The molecule has 1 amide bonds. The Morgan fingerprint density at radius 2 is 2.18 bits per heavy atom. The predicted molar refractivity (Wildman–Crippen MR) is 63.9 cm³/mol. The molecule has 0 fully saturated rings. The summed E-state index contributed by atoms with van der Waals surface area (Å²) >= 11 is 5.90. The summed E-state index contributed by atoms with van der Waals surface area (Å²) in [6, 6.07) is 3.82. The zero-order valence-corrected chi connectivity index (χ0v) is 9.99. The van der Waals surface area contributed by atoms with Gasteiger partial charge in [0.25, 0.3) is 5.91 Å². The predicted octanol–water partition coefficient (Wildman–Crippen LogP) is 1.00. The molecule has 6 heteroatoms. The maximum Gasteiger partial charge on any atom is 0.325 e. The van der Waals surface area contributed by atoms with E-state index >= 15 is 0 Å². The first-order chi connectivity index (χ1) is 7.95. The van der Waals surface area contributed by atoms with Crippen molar-refractivity contribution in [2.24, 2.45) is 5.73 Å². The van der Waals surface area contributed by atoms with Gasteiger partial charge in [0.1, 0.15) is 6.04 Å². The highest BCUT2D eigenvalue weighted by atomic mass is 35.5. The lowest BCUT2D eigenvalue weighted by Gasteiger charge is -2.10. The van der Waals surface area contributed by atoms with Gasteiger partial charge in [-0.15, -0.1) is 0 Å². The SMILES string of the molecule is C[C@H](NC(=O)c1ccc(CN)cc1Cl)C(=O)O. The monoisotopic (exact) mass is 256 g/mol. The van der Waals surface area contributed by atoms with Crippen LogP contribution in [0.15, 0.2) is 18.2 Å². The van der Waals surface area contributed by atoms with Gasteiger partial charge in [0.15, 0.2) is 0 Å². The molecule has 1 atom stereocenters. The summed E-state index contributed by atoms with van der Waals surface area (Å²) in [5.74, 6) is -1.62. The number of nitrogens with one attached hydrogen (secondary N) is 1. The standard InChI is InChI=1S/C11H13ClN2O3/c1-6(11(16)17)14-10(15)8-3-2-7(5-13)4-9(8)12/h2-4,6H,5,13H2,1H3,(H,14,15)(H,16,17)/t6-/m0/s1. The van der Waals surface area contributed by atoms with Crippen LogP contribution in [0.1, 0.15) is 22.8 Å². The highest BCUT2D eigenvalue weighted by molar-refractivity contribution is 6.33. The van der Waals surface area contributed by atoms with Gasteiger partial charge in [-0.2, -0.15) is 0 Å². The van der Waals surface area contributed by atoms with E-state index in [1.165, 1.54) is 13.0 Å². The molecule has 0 bridgehead atoms. The van der Waals surface area contributed by atoms with E-state index in [2.05, 4.69) is 5.32 Å². The van der Waals surface area contributed by atoms with Gasteiger partial charge < -0.3 is 16.2 Å². The van der Waals surface area contributed by atoms with E-state index in [0.717, 1.165) is 5.56 Å². The van der Waals surface area contributed by atoms with E-state index < -0.39 is 17.9 Å². The first-order valence-electron chi connectivity index (χ1n) is 4.98. The fraction of sp³-hybridized carbons (Fsp3) is 0.273. The highest BCUT2D eigenvalue weighted by Gasteiger charge is 2.17. The average molecular weight is 257 g/mol. The number of carbonyl (C=O) groups excluding carboxylic acids is 1. The van der Waals surface area contributed by atoms with E-state index in [1.54, 1.807) is 12.1 Å². The first-order valence-corrected chi connectivity index (χ1v) is 5.35. The van der Waals surface area contributed by atoms with Gasteiger partial charge in [0, 0.05) is 6.54 Å². The minimum Gasteiger partial charge on any atom is -0.480 e. The van der Waals surface area contributed by atoms with E-state index in [4.69, 9.17) is 22.4 Å². The molecule has 0 saturated heterocycles. The van der Waals surface area contributed by atoms with Crippen LogP contribution in [0, 0.1) is 0 Å². The zero-order chi connectivity index (χ0) is 13.0. The molecule has 0 aliphatic carbocycles. The van der Waals surface area contributed by atoms with Crippen LogP contribution in [0.25, 0.3) is 0 Å². The Labute approximate surface area is 104 Å². The molecule has 5 nitrogen and oxygen atoms in total. The summed E-state index contributed by atoms with van der Waals surface area (Å²) in [6.07, 6.45) is 0. The molecule has 0 aliphatic rings. The molecule has 0 aromatic heterocycles. The summed E-state index contributed by atoms with van der Waals surface area (Å²) < 4.78 is 0. The molecule has 0 aliphatic heterocycles. The van der Waals surface area contributed by atoms with E-state index in [-0.39, 0.29) is 10.6 Å². The van der Waals surface area contributed by atoms with Crippen LogP contribution in [0.4, 0.5) is 0 Å². The van der Waals surface area contributed by atoms with Crippen molar-refractivity contribution in [3.05, 3.63) is 34.3 Å². The molecule has 4 N–H and O–H groups in total. The van der Waals surface area contributed by atoms with Gasteiger partial charge >= 0.3 is 5.97 Å². The molecule has 1 aromatic carbocycles. The number of hydrogen-bond acceptors (Lipinski definition) is 3. The van der Waals surface area contributed by atoms with Crippen molar-refractivity contribution < 1.29 is 14.7 Å². The Hall–Kier alpha value is -1.59. The summed E-state index contributed by atoms with van der Waals surface area (Å²) in [6.45, 7) is 1.70. The normalized spacial score (nSPS) is 11.9. The smallest absolute Gasteiger partial charge is 0.325 e. The molecule has 0 heterocycles. The third-order valence-corrected chi connectivity index (χ3v) is 2.54. The Balaban J connectivity index is 2.86. The van der Waals surface area contributed by atoms with Crippen molar-refractivity contribution in [3.63, 3.8) is 0 Å². The lowest BCUT2D eigenvalue weighted by molar-refractivity contribution is -0.138. The Kier molecular flexibility index (Phi) is 4.48. The van der Waals surface area contributed by atoms with E-state index in [9.17, 15) is 9.59 Å². The molecular formula is C11H13ClN2O3. The minimum absolute atomic E-state index is 0.233. The maximum atomic E-state index is 11.7. The third kappa shape index (κ3) is 3.44. The fourth-order valence-corrected chi connectivity index (χ4v) is 1.49. The summed E-state index contributed by atoms with van der Waals surface area (Å²) in [7, 11) is 0. The molecule has 0 spiro atoms. The number of carbonyl (C=O) groups is 2. The van der Waals surface area contributed by atoms with Crippen LogP contribution >= 0.6 is 11.6 Å². The van der Waals surface area contributed by atoms with Crippen molar-refractivity contribution in [1.82, 2.24) is 5.32 Å². The molecule has 0 saturated carbocycles. The average Bonchev–Trinajstić information content (AvgIpc) is 2.28. The first kappa shape index (κ1) is 13.5.